The van der Waals surface area contributed by atoms with E-state index in [-0.39, 0.29) is 17.0 Å². The molecular weight excluding hydrogens is 318 g/mol. The van der Waals surface area contributed by atoms with Crippen LogP contribution in [0.15, 0.2) is 18.5 Å². The van der Waals surface area contributed by atoms with Crippen molar-refractivity contribution in [1.82, 2.24) is 9.97 Å². The number of halogens is 1. The first-order valence-corrected chi connectivity index (χ1v) is 8.38. The highest BCUT2D eigenvalue weighted by Crippen LogP contribution is 2.24. The third kappa shape index (κ3) is 3.85. The Bertz CT molecular complexity index is 757. The van der Waals surface area contributed by atoms with E-state index in [1.807, 2.05) is 0 Å². The topological polar surface area (TPSA) is 112 Å². The first-order chi connectivity index (χ1) is 9.93. The van der Waals surface area contributed by atoms with Crippen LogP contribution in [-0.2, 0) is 10.0 Å². The van der Waals surface area contributed by atoms with Gasteiger partial charge in [0.15, 0.2) is 0 Å². The zero-order chi connectivity index (χ0) is 15.5. The van der Waals surface area contributed by atoms with Crippen LogP contribution in [0.1, 0.15) is 23.2 Å². The number of benzene rings is 1. The average Bonchev–Trinajstić information content (AvgIpc) is 2.86. The largest absolute Gasteiger partial charge is 0.478 e. The molecular formula is C12H14ClN3O4S. The van der Waals surface area contributed by atoms with Gasteiger partial charge in [-0.2, -0.15) is 0 Å². The maximum absolute atomic E-state index is 12.0. The number of H-pyrrole nitrogens is 1. The van der Waals surface area contributed by atoms with Crippen molar-refractivity contribution in [3.63, 3.8) is 0 Å². The predicted molar refractivity (Wildman–Crippen MR) is 80.4 cm³/mol. The Hall–Kier alpha value is -1.80. The first kappa shape index (κ1) is 15.6. The Morgan fingerprint density at radius 3 is 2.81 bits per heavy atom. The van der Waals surface area contributed by atoms with E-state index in [0.717, 1.165) is 0 Å². The summed E-state index contributed by atoms with van der Waals surface area (Å²) in [5, 5.41) is 9.05. The molecule has 7 nitrogen and oxygen atoms in total. The number of rotatable bonds is 7. The van der Waals surface area contributed by atoms with E-state index in [1.54, 1.807) is 0 Å². The van der Waals surface area contributed by atoms with Crippen LogP contribution >= 0.6 is 11.6 Å². The number of aromatic amines is 1. The molecule has 0 aliphatic heterocycles. The molecule has 0 bridgehead atoms. The Balaban J connectivity index is 2.32. The summed E-state index contributed by atoms with van der Waals surface area (Å²) in [5.41, 5.74) is 0.955. The zero-order valence-corrected chi connectivity index (χ0v) is 12.5. The molecule has 0 unspecified atom stereocenters. The first-order valence-electron chi connectivity index (χ1n) is 6.20. The van der Waals surface area contributed by atoms with Crippen molar-refractivity contribution in [2.45, 2.75) is 12.8 Å². The average molecular weight is 332 g/mol. The predicted octanol–water partition coefficient (Wildman–Crippen LogP) is 2.02. The molecule has 1 aromatic carbocycles. The quantitative estimate of drug-likeness (QED) is 0.530. The molecule has 0 atom stereocenters. The monoisotopic (exact) mass is 331 g/mol. The maximum atomic E-state index is 12.0. The van der Waals surface area contributed by atoms with Crippen LogP contribution in [0.2, 0.25) is 0 Å². The molecule has 21 heavy (non-hydrogen) atoms. The number of sulfonamides is 1. The molecule has 0 aliphatic carbocycles. The number of alkyl halides is 1. The SMILES string of the molecule is O=C(O)c1cc(NS(=O)(=O)CCCCCl)c2nc[nH]c2c1. The minimum atomic E-state index is -3.57. The van der Waals surface area contributed by atoms with E-state index in [4.69, 9.17) is 16.7 Å². The molecule has 0 fully saturated rings. The highest BCUT2D eigenvalue weighted by atomic mass is 35.5. The number of nitrogens with one attached hydrogen (secondary N) is 2. The van der Waals surface area contributed by atoms with Crippen LogP contribution in [0.3, 0.4) is 0 Å². The van der Waals surface area contributed by atoms with Crippen LogP contribution in [0.5, 0.6) is 0 Å². The minimum absolute atomic E-state index is 0.0230. The highest BCUT2D eigenvalue weighted by Gasteiger charge is 2.16. The number of aromatic nitrogens is 2. The van der Waals surface area contributed by atoms with E-state index < -0.39 is 16.0 Å². The molecule has 0 saturated heterocycles. The standard InChI is InChI=1S/C12H14ClN3O4S/c13-3-1-2-4-21(19,20)16-10-6-8(12(17)18)5-9-11(10)15-7-14-9/h5-7,16H,1-4H2,(H,14,15)(H,17,18). The Labute approximate surface area is 126 Å². The summed E-state index contributed by atoms with van der Waals surface area (Å²) in [6, 6.07) is 2.65. The van der Waals surface area contributed by atoms with Crippen LogP contribution in [0, 0.1) is 0 Å². The van der Waals surface area contributed by atoms with Gasteiger partial charge in [0.25, 0.3) is 0 Å². The second-order valence-corrected chi connectivity index (χ2v) is 6.66. The Morgan fingerprint density at radius 2 is 2.14 bits per heavy atom. The van der Waals surface area contributed by atoms with Gasteiger partial charge in [-0.05, 0) is 25.0 Å². The van der Waals surface area contributed by atoms with Crippen LogP contribution < -0.4 is 4.72 Å². The van der Waals surface area contributed by atoms with E-state index in [2.05, 4.69) is 14.7 Å². The summed E-state index contributed by atoms with van der Waals surface area (Å²) in [7, 11) is -3.57. The summed E-state index contributed by atoms with van der Waals surface area (Å²) >= 11 is 5.52. The van der Waals surface area contributed by atoms with Crippen molar-refractivity contribution in [1.29, 1.82) is 0 Å². The summed E-state index contributed by atoms with van der Waals surface area (Å²) < 4.78 is 26.3. The summed E-state index contributed by atoms with van der Waals surface area (Å²) in [6.45, 7) is 0. The number of fused-ring (bicyclic) bond motifs is 1. The minimum Gasteiger partial charge on any atom is -0.478 e. The van der Waals surface area contributed by atoms with Crippen molar-refractivity contribution >= 4 is 44.3 Å². The molecule has 1 heterocycles. The number of anilines is 1. The number of hydrogen-bond donors (Lipinski definition) is 3. The summed E-state index contributed by atoms with van der Waals surface area (Å²) in [5.74, 6) is -0.828. The summed E-state index contributed by atoms with van der Waals surface area (Å²) in [6.07, 6.45) is 2.40. The summed E-state index contributed by atoms with van der Waals surface area (Å²) in [4.78, 5) is 17.8. The molecule has 0 amide bonds. The fourth-order valence-electron chi connectivity index (χ4n) is 1.86. The lowest BCUT2D eigenvalue weighted by atomic mass is 10.2. The molecule has 3 N–H and O–H groups in total. The smallest absolute Gasteiger partial charge is 0.335 e. The number of unbranched alkanes of at least 4 members (excludes halogenated alkanes) is 1. The number of nitrogens with zero attached hydrogens (tertiary/aromatic N) is 1. The van der Waals surface area contributed by atoms with Crippen molar-refractivity contribution < 1.29 is 18.3 Å². The molecule has 2 aromatic rings. The van der Waals surface area contributed by atoms with Crippen molar-refractivity contribution in [3.8, 4) is 0 Å². The molecule has 0 saturated carbocycles. The molecule has 1 aromatic heterocycles. The van der Waals surface area contributed by atoms with Crippen molar-refractivity contribution in [3.05, 3.63) is 24.0 Å². The fraction of sp³-hybridized carbons (Fsp3) is 0.333. The van der Waals surface area contributed by atoms with Gasteiger partial charge in [0.1, 0.15) is 5.52 Å². The van der Waals surface area contributed by atoms with Gasteiger partial charge in [0, 0.05) is 5.88 Å². The van der Waals surface area contributed by atoms with E-state index in [9.17, 15) is 13.2 Å². The molecule has 0 aliphatic rings. The highest BCUT2D eigenvalue weighted by molar-refractivity contribution is 7.92. The van der Waals surface area contributed by atoms with Gasteiger partial charge < -0.3 is 10.1 Å². The number of hydrogen-bond acceptors (Lipinski definition) is 4. The third-order valence-corrected chi connectivity index (χ3v) is 4.46. The van der Waals surface area contributed by atoms with Gasteiger partial charge in [-0.1, -0.05) is 0 Å². The van der Waals surface area contributed by atoms with Crippen LogP contribution in [-0.4, -0.2) is 41.1 Å². The maximum Gasteiger partial charge on any atom is 0.335 e. The lowest BCUT2D eigenvalue weighted by Crippen LogP contribution is -2.17. The number of carboxylic acids is 1. The normalized spacial score (nSPS) is 11.7. The van der Waals surface area contributed by atoms with Gasteiger partial charge in [0.2, 0.25) is 10.0 Å². The van der Waals surface area contributed by atoms with Gasteiger partial charge in [-0.25, -0.2) is 18.2 Å². The molecule has 2 rings (SSSR count). The van der Waals surface area contributed by atoms with Crippen LogP contribution in [0.4, 0.5) is 5.69 Å². The fourth-order valence-corrected chi connectivity index (χ4v) is 3.22. The van der Waals surface area contributed by atoms with Crippen LogP contribution in [0.25, 0.3) is 11.0 Å². The van der Waals surface area contributed by atoms with Gasteiger partial charge in [-0.3, -0.25) is 4.72 Å². The van der Waals surface area contributed by atoms with Gasteiger partial charge in [-0.15, -0.1) is 11.6 Å². The van der Waals surface area contributed by atoms with Crippen molar-refractivity contribution in [2.24, 2.45) is 0 Å². The number of aromatic carboxylic acids is 1. The van der Waals surface area contributed by atoms with Gasteiger partial charge in [0.05, 0.1) is 28.8 Å². The Morgan fingerprint density at radius 1 is 1.38 bits per heavy atom. The second-order valence-electron chi connectivity index (χ2n) is 4.44. The van der Waals surface area contributed by atoms with E-state index in [1.165, 1.54) is 18.5 Å². The molecule has 114 valence electrons. The second kappa shape index (κ2) is 6.31. The lowest BCUT2D eigenvalue weighted by Gasteiger charge is -2.09. The number of carboxylic acid groups (broad SMARTS) is 1. The molecule has 0 radical (unpaired) electrons. The Kier molecular flexibility index (Phi) is 4.69. The molecule has 9 heteroatoms. The van der Waals surface area contributed by atoms with E-state index in [0.29, 0.717) is 29.8 Å². The number of carbonyl (C=O) groups is 1. The zero-order valence-electron chi connectivity index (χ0n) is 11.0. The van der Waals surface area contributed by atoms with E-state index >= 15 is 0 Å². The molecule has 0 spiro atoms. The lowest BCUT2D eigenvalue weighted by molar-refractivity contribution is 0.0697. The van der Waals surface area contributed by atoms with Gasteiger partial charge >= 0.3 is 5.97 Å². The van der Waals surface area contributed by atoms with Crippen molar-refractivity contribution in [2.75, 3.05) is 16.4 Å². The third-order valence-electron chi connectivity index (χ3n) is 2.83. The number of imidazole rings is 1.